The average Bonchev–Trinajstić information content (AvgIpc) is 2.01. The second-order valence-electron chi connectivity index (χ2n) is 1.49. The van der Waals surface area contributed by atoms with Crippen LogP contribution in [0.3, 0.4) is 0 Å². The standard InChI is InChI=1S/C6H5Br2NO/c1-10-5-3-9-6(8)2-4(5)7/h2-3H,1H3/i2D,3D. The van der Waals surface area contributed by atoms with E-state index in [0.717, 1.165) is 0 Å². The summed E-state index contributed by atoms with van der Waals surface area (Å²) >= 11 is 6.20. The van der Waals surface area contributed by atoms with Crippen molar-refractivity contribution in [3.63, 3.8) is 0 Å². The third-order valence-electron chi connectivity index (χ3n) is 0.872. The predicted octanol–water partition coefficient (Wildman–Crippen LogP) is 2.62. The fourth-order valence-electron chi connectivity index (χ4n) is 0.459. The molecule has 0 N–H and O–H groups in total. The van der Waals surface area contributed by atoms with Crippen molar-refractivity contribution in [1.82, 2.24) is 4.98 Å². The molecule has 0 aliphatic carbocycles. The number of aromatic nitrogens is 1. The fourth-order valence-corrected chi connectivity index (χ4v) is 1.45. The van der Waals surface area contributed by atoms with Crippen LogP contribution in [0.1, 0.15) is 2.74 Å². The van der Waals surface area contributed by atoms with E-state index in [1.165, 1.54) is 7.11 Å². The van der Waals surface area contributed by atoms with Crippen LogP contribution < -0.4 is 4.74 Å². The van der Waals surface area contributed by atoms with Crippen LogP contribution in [0.4, 0.5) is 0 Å². The van der Waals surface area contributed by atoms with Crippen LogP contribution in [0.2, 0.25) is 0 Å². The van der Waals surface area contributed by atoms with Gasteiger partial charge in [0.15, 0.2) is 5.75 Å². The first-order chi connectivity index (χ1) is 5.57. The predicted molar refractivity (Wildman–Crippen MR) is 46.2 cm³/mol. The number of ether oxygens (including phenoxy) is 1. The number of nitrogens with zero attached hydrogens (tertiary/aromatic N) is 1. The highest BCUT2D eigenvalue weighted by atomic mass is 79.9. The SMILES string of the molecule is [2H]c1nc(Br)c([2H])c(Br)c1OC. The molecule has 0 aliphatic rings. The summed E-state index contributed by atoms with van der Waals surface area (Å²) in [4.78, 5) is 3.75. The summed E-state index contributed by atoms with van der Waals surface area (Å²) in [7, 11) is 1.44. The molecule has 54 valence electrons. The molecule has 1 heterocycles. The van der Waals surface area contributed by atoms with E-state index in [1.54, 1.807) is 0 Å². The van der Waals surface area contributed by atoms with Crippen LogP contribution in [0.15, 0.2) is 21.3 Å². The molecule has 10 heavy (non-hydrogen) atoms. The Morgan fingerprint density at radius 2 is 2.40 bits per heavy atom. The van der Waals surface area contributed by atoms with Gasteiger partial charge in [-0.3, -0.25) is 0 Å². The summed E-state index contributed by atoms with van der Waals surface area (Å²) < 4.78 is 20.5. The first-order valence-electron chi connectivity index (χ1n) is 3.44. The first kappa shape index (κ1) is 5.55. The summed E-state index contributed by atoms with van der Waals surface area (Å²) in [5, 5.41) is 0. The van der Waals surface area contributed by atoms with Crippen molar-refractivity contribution >= 4 is 31.9 Å². The van der Waals surface area contributed by atoms with Gasteiger partial charge >= 0.3 is 0 Å². The topological polar surface area (TPSA) is 22.1 Å². The zero-order chi connectivity index (χ0) is 9.30. The summed E-state index contributed by atoms with van der Waals surface area (Å²) in [5.74, 6) is 0.281. The lowest BCUT2D eigenvalue weighted by Gasteiger charge is -2.00. The van der Waals surface area contributed by atoms with Crippen molar-refractivity contribution in [3.05, 3.63) is 21.3 Å². The van der Waals surface area contributed by atoms with E-state index in [4.69, 9.17) is 7.48 Å². The molecule has 2 nitrogen and oxygen atoms in total. The Morgan fingerprint density at radius 1 is 1.70 bits per heavy atom. The van der Waals surface area contributed by atoms with E-state index in [-0.39, 0.29) is 18.0 Å². The third-order valence-corrected chi connectivity index (χ3v) is 1.81. The molecule has 0 aromatic carbocycles. The largest absolute Gasteiger partial charge is 0.494 e. The zero-order valence-corrected chi connectivity index (χ0v) is 8.28. The summed E-state index contributed by atoms with van der Waals surface area (Å²) in [6, 6.07) is 0.183. The second kappa shape index (κ2) is 3.34. The highest BCUT2D eigenvalue weighted by Crippen LogP contribution is 2.25. The Hall–Kier alpha value is -0.0900. The molecule has 0 amide bonds. The maximum Gasteiger partial charge on any atom is 0.151 e. The molecule has 0 aliphatic heterocycles. The quantitative estimate of drug-likeness (QED) is 0.731. The van der Waals surface area contributed by atoms with Crippen molar-refractivity contribution in [2.45, 2.75) is 0 Å². The van der Waals surface area contributed by atoms with Gasteiger partial charge in [0.1, 0.15) is 4.60 Å². The molecule has 0 fully saturated rings. The van der Waals surface area contributed by atoms with Crippen molar-refractivity contribution in [3.8, 4) is 5.75 Å². The number of halogens is 2. The molecule has 0 bridgehead atoms. The molecule has 1 rings (SSSR count). The van der Waals surface area contributed by atoms with Crippen molar-refractivity contribution in [2.75, 3.05) is 7.11 Å². The highest BCUT2D eigenvalue weighted by Gasteiger charge is 1.98. The van der Waals surface area contributed by atoms with Gasteiger partial charge in [0.05, 0.1) is 20.5 Å². The third kappa shape index (κ3) is 1.70. The molecule has 0 unspecified atom stereocenters. The smallest absolute Gasteiger partial charge is 0.151 e. The number of rotatable bonds is 1. The molecule has 0 atom stereocenters. The van der Waals surface area contributed by atoms with E-state index < -0.39 is 0 Å². The average molecular weight is 269 g/mol. The minimum atomic E-state index is 0.00671. The van der Waals surface area contributed by atoms with E-state index in [1.807, 2.05) is 0 Å². The van der Waals surface area contributed by atoms with Crippen LogP contribution in [0.5, 0.6) is 5.75 Å². The van der Waals surface area contributed by atoms with Gasteiger partial charge in [-0.1, -0.05) is 0 Å². The molecule has 0 saturated heterocycles. The second-order valence-corrected chi connectivity index (χ2v) is 3.03. The Labute approximate surface area is 78.7 Å². The molecule has 0 radical (unpaired) electrons. The minimum absolute atomic E-state index is 0.00671. The lowest BCUT2D eigenvalue weighted by atomic mass is 10.5. The molecular formula is C6H5Br2NO. The number of pyridine rings is 1. The maximum absolute atomic E-state index is 7.47. The molecule has 0 spiro atoms. The van der Waals surface area contributed by atoms with Gasteiger partial charge in [-0.25, -0.2) is 4.98 Å². The number of hydrogen-bond donors (Lipinski definition) is 0. The van der Waals surface area contributed by atoms with Crippen LogP contribution in [0, 0.1) is 0 Å². The molecular weight excluding hydrogens is 262 g/mol. The van der Waals surface area contributed by atoms with E-state index >= 15 is 0 Å². The fraction of sp³-hybridized carbons (Fsp3) is 0.167. The van der Waals surface area contributed by atoms with Crippen LogP contribution in [-0.2, 0) is 0 Å². The molecule has 1 aromatic rings. The zero-order valence-electron chi connectivity index (χ0n) is 7.11. The van der Waals surface area contributed by atoms with Gasteiger partial charge < -0.3 is 4.74 Å². The monoisotopic (exact) mass is 267 g/mol. The molecule has 0 saturated carbocycles. The maximum atomic E-state index is 7.47. The van der Waals surface area contributed by atoms with Crippen molar-refractivity contribution < 1.29 is 7.48 Å². The summed E-state index contributed by atoms with van der Waals surface area (Å²) in [5.41, 5.74) is 0. The summed E-state index contributed by atoms with van der Waals surface area (Å²) in [6.07, 6.45) is 0.00671. The molecule has 4 heteroatoms. The van der Waals surface area contributed by atoms with Gasteiger partial charge in [-0.2, -0.15) is 0 Å². The van der Waals surface area contributed by atoms with Crippen molar-refractivity contribution in [2.24, 2.45) is 0 Å². The minimum Gasteiger partial charge on any atom is -0.494 e. The van der Waals surface area contributed by atoms with Gasteiger partial charge in [0.2, 0.25) is 0 Å². The van der Waals surface area contributed by atoms with Crippen LogP contribution >= 0.6 is 31.9 Å². The Balaban J connectivity index is 3.40. The van der Waals surface area contributed by atoms with Gasteiger partial charge in [-0.05, 0) is 37.9 Å². The van der Waals surface area contributed by atoms with Crippen molar-refractivity contribution in [1.29, 1.82) is 0 Å². The summed E-state index contributed by atoms with van der Waals surface area (Å²) in [6.45, 7) is 0. The molecule has 1 aromatic heterocycles. The van der Waals surface area contributed by atoms with E-state index in [9.17, 15) is 0 Å². The lowest BCUT2D eigenvalue weighted by Crippen LogP contribution is -1.85. The lowest BCUT2D eigenvalue weighted by molar-refractivity contribution is 0.410. The first-order valence-corrected chi connectivity index (χ1v) is 4.02. The number of hydrogen-bond acceptors (Lipinski definition) is 2. The van der Waals surface area contributed by atoms with Gasteiger partial charge in [0, 0.05) is 0 Å². The van der Waals surface area contributed by atoms with Gasteiger partial charge in [0.25, 0.3) is 0 Å². The normalized spacial score (nSPS) is 12.3. The van der Waals surface area contributed by atoms with Gasteiger partial charge in [-0.15, -0.1) is 0 Å². The Bertz CT molecular complexity index is 319. The van der Waals surface area contributed by atoms with E-state index in [2.05, 4.69) is 36.8 Å². The van der Waals surface area contributed by atoms with Crippen LogP contribution in [0.25, 0.3) is 0 Å². The van der Waals surface area contributed by atoms with Crippen LogP contribution in [-0.4, -0.2) is 12.1 Å². The Kier molecular flexibility index (Phi) is 1.86. The highest BCUT2D eigenvalue weighted by molar-refractivity contribution is 9.11. The number of methoxy groups -OCH3 is 1. The van der Waals surface area contributed by atoms with E-state index in [0.29, 0.717) is 9.08 Å². The Morgan fingerprint density at radius 3 is 3.00 bits per heavy atom.